The molecule has 0 aliphatic heterocycles. The number of rotatable bonds is 6. The van der Waals surface area contributed by atoms with Gasteiger partial charge < -0.3 is 15.4 Å². The van der Waals surface area contributed by atoms with Gasteiger partial charge in [0.2, 0.25) is 0 Å². The van der Waals surface area contributed by atoms with Crippen molar-refractivity contribution in [1.82, 2.24) is 0 Å². The number of hydrogen-bond donors (Lipinski definition) is 2. The van der Waals surface area contributed by atoms with Gasteiger partial charge in [-0.2, -0.15) is 0 Å². The summed E-state index contributed by atoms with van der Waals surface area (Å²) in [7, 11) is 0. The second kappa shape index (κ2) is 9.34. The molecule has 0 spiro atoms. The summed E-state index contributed by atoms with van der Waals surface area (Å²) in [6.07, 6.45) is 5.79. The number of ether oxygens (including phenoxy) is 1. The van der Waals surface area contributed by atoms with E-state index in [1.165, 1.54) is 19.3 Å². The smallest absolute Gasteiger partial charge is 0.196 e. The van der Waals surface area contributed by atoms with Gasteiger partial charge in [0.25, 0.3) is 0 Å². The van der Waals surface area contributed by atoms with E-state index in [1.54, 1.807) is 12.1 Å². The number of benzene rings is 3. The summed E-state index contributed by atoms with van der Waals surface area (Å²) in [6.45, 7) is 4.56. The highest BCUT2D eigenvalue weighted by atomic mass is 16.5. The first-order valence-corrected chi connectivity index (χ1v) is 12.2. The average molecular weight is 455 g/mol. The molecule has 0 unspecified atom stereocenters. The van der Waals surface area contributed by atoms with Crippen LogP contribution in [0.3, 0.4) is 0 Å². The van der Waals surface area contributed by atoms with Crippen molar-refractivity contribution in [1.29, 1.82) is 0 Å². The monoisotopic (exact) mass is 454 g/mol. The Morgan fingerprint density at radius 3 is 2.09 bits per heavy atom. The Bertz CT molecular complexity index is 1260. The molecule has 0 atom stereocenters. The quantitative estimate of drug-likeness (QED) is 0.341. The van der Waals surface area contributed by atoms with E-state index in [4.69, 9.17) is 4.74 Å². The van der Waals surface area contributed by atoms with Crippen LogP contribution in [0.25, 0.3) is 0 Å². The minimum Gasteiger partial charge on any atom is -0.494 e. The SMILES string of the molecule is CCOc1ccc(Nc2ccc(NC3CCCCC3)c3c2C(=O)c2ccccc2C3=O)c(C)c1. The fourth-order valence-electron chi connectivity index (χ4n) is 5.09. The van der Waals surface area contributed by atoms with Gasteiger partial charge in [-0.25, -0.2) is 0 Å². The van der Waals surface area contributed by atoms with Crippen LogP contribution in [0.4, 0.5) is 17.1 Å². The van der Waals surface area contributed by atoms with E-state index in [2.05, 4.69) is 10.6 Å². The van der Waals surface area contributed by atoms with Crippen molar-refractivity contribution in [2.24, 2.45) is 0 Å². The number of anilines is 3. The van der Waals surface area contributed by atoms with Gasteiger partial charge in [-0.05, 0) is 62.6 Å². The van der Waals surface area contributed by atoms with Crippen molar-refractivity contribution in [2.45, 2.75) is 52.0 Å². The normalized spacial score (nSPS) is 15.5. The molecule has 5 nitrogen and oxygen atoms in total. The molecule has 0 saturated heterocycles. The summed E-state index contributed by atoms with van der Waals surface area (Å²) in [4.78, 5) is 27.4. The van der Waals surface area contributed by atoms with Crippen LogP contribution in [-0.2, 0) is 0 Å². The lowest BCUT2D eigenvalue weighted by Gasteiger charge is -2.28. The van der Waals surface area contributed by atoms with Crippen molar-refractivity contribution in [3.8, 4) is 5.75 Å². The van der Waals surface area contributed by atoms with Crippen LogP contribution in [-0.4, -0.2) is 24.2 Å². The van der Waals surface area contributed by atoms with E-state index < -0.39 is 0 Å². The number of carbonyl (C=O) groups excluding carboxylic acids is 2. The lowest BCUT2D eigenvalue weighted by Crippen LogP contribution is -2.27. The Morgan fingerprint density at radius 2 is 1.44 bits per heavy atom. The van der Waals surface area contributed by atoms with Gasteiger partial charge in [-0.1, -0.05) is 43.5 Å². The zero-order valence-corrected chi connectivity index (χ0v) is 19.7. The first kappa shape index (κ1) is 22.2. The third-order valence-electron chi connectivity index (χ3n) is 6.82. The highest BCUT2D eigenvalue weighted by Crippen LogP contribution is 2.39. The molecule has 0 radical (unpaired) electrons. The van der Waals surface area contributed by atoms with E-state index in [-0.39, 0.29) is 11.6 Å². The van der Waals surface area contributed by atoms with Gasteiger partial charge in [-0.3, -0.25) is 9.59 Å². The van der Waals surface area contributed by atoms with Crippen LogP contribution >= 0.6 is 0 Å². The van der Waals surface area contributed by atoms with Crippen LogP contribution in [0.1, 0.15) is 76.4 Å². The Labute approximate surface area is 200 Å². The van der Waals surface area contributed by atoms with Gasteiger partial charge >= 0.3 is 0 Å². The summed E-state index contributed by atoms with van der Waals surface area (Å²) < 4.78 is 5.61. The van der Waals surface area contributed by atoms with Gasteiger partial charge in [0, 0.05) is 28.5 Å². The molecule has 2 aliphatic rings. The zero-order chi connectivity index (χ0) is 23.7. The minimum absolute atomic E-state index is 0.101. The summed E-state index contributed by atoms with van der Waals surface area (Å²) >= 11 is 0. The number of hydrogen-bond acceptors (Lipinski definition) is 5. The Hall–Kier alpha value is -3.60. The number of aryl methyl sites for hydroxylation is 1. The molecular formula is C29H30N2O3. The molecular weight excluding hydrogens is 424 g/mol. The molecule has 2 aliphatic carbocycles. The standard InChI is InChI=1S/C29H30N2O3/c1-3-34-20-13-14-23(18(2)17-20)31-25-16-15-24(30-19-9-5-4-6-10-19)26-27(25)29(33)22-12-8-7-11-21(22)28(26)32/h7-8,11-17,19,30-31H,3-6,9-10H2,1-2H3. The zero-order valence-electron chi connectivity index (χ0n) is 19.7. The first-order valence-electron chi connectivity index (χ1n) is 12.2. The molecule has 1 saturated carbocycles. The van der Waals surface area contributed by atoms with E-state index in [0.29, 0.717) is 40.6 Å². The molecule has 0 heterocycles. The number of nitrogens with one attached hydrogen (secondary N) is 2. The molecule has 5 heteroatoms. The third kappa shape index (κ3) is 4.07. The molecule has 34 heavy (non-hydrogen) atoms. The molecule has 174 valence electrons. The summed E-state index contributed by atoms with van der Waals surface area (Å²) in [5.74, 6) is 0.582. The average Bonchev–Trinajstić information content (AvgIpc) is 2.85. The summed E-state index contributed by atoms with van der Waals surface area (Å²) in [5.41, 5.74) is 5.12. The van der Waals surface area contributed by atoms with Gasteiger partial charge in [-0.15, -0.1) is 0 Å². The van der Waals surface area contributed by atoms with Crippen molar-refractivity contribution in [3.63, 3.8) is 0 Å². The van der Waals surface area contributed by atoms with Crippen molar-refractivity contribution < 1.29 is 14.3 Å². The maximum atomic E-state index is 13.7. The third-order valence-corrected chi connectivity index (χ3v) is 6.82. The fourth-order valence-corrected chi connectivity index (χ4v) is 5.09. The molecule has 2 N–H and O–H groups in total. The van der Waals surface area contributed by atoms with Crippen LogP contribution in [0.5, 0.6) is 5.75 Å². The van der Waals surface area contributed by atoms with Crippen LogP contribution in [0.15, 0.2) is 54.6 Å². The van der Waals surface area contributed by atoms with Crippen LogP contribution in [0, 0.1) is 6.92 Å². The summed E-state index contributed by atoms with van der Waals surface area (Å²) in [6, 6.07) is 17.1. The van der Waals surface area contributed by atoms with Crippen molar-refractivity contribution in [2.75, 3.05) is 17.2 Å². The molecule has 0 amide bonds. The molecule has 3 aromatic carbocycles. The molecule has 1 fully saturated rings. The largest absolute Gasteiger partial charge is 0.494 e. The van der Waals surface area contributed by atoms with E-state index in [0.717, 1.165) is 35.5 Å². The second-order valence-corrected chi connectivity index (χ2v) is 9.13. The number of fused-ring (bicyclic) bond motifs is 2. The van der Waals surface area contributed by atoms with Gasteiger partial charge in [0.1, 0.15) is 5.75 Å². The van der Waals surface area contributed by atoms with Crippen LogP contribution in [0.2, 0.25) is 0 Å². The van der Waals surface area contributed by atoms with E-state index in [1.807, 2.05) is 56.3 Å². The highest BCUT2D eigenvalue weighted by molar-refractivity contribution is 6.32. The predicted octanol–water partition coefficient (Wildman–Crippen LogP) is 6.66. The first-order chi connectivity index (χ1) is 16.6. The second-order valence-electron chi connectivity index (χ2n) is 9.13. The Kier molecular flexibility index (Phi) is 6.10. The Morgan fingerprint density at radius 1 is 0.824 bits per heavy atom. The molecule has 0 bridgehead atoms. The van der Waals surface area contributed by atoms with Crippen molar-refractivity contribution in [3.05, 3.63) is 82.4 Å². The maximum Gasteiger partial charge on any atom is 0.196 e. The van der Waals surface area contributed by atoms with Crippen LogP contribution < -0.4 is 15.4 Å². The van der Waals surface area contributed by atoms with Gasteiger partial charge in [0.05, 0.1) is 23.4 Å². The lowest BCUT2D eigenvalue weighted by molar-refractivity contribution is 0.0980. The minimum atomic E-state index is -0.122. The lowest BCUT2D eigenvalue weighted by atomic mass is 9.82. The number of ketones is 2. The molecule has 3 aromatic rings. The van der Waals surface area contributed by atoms with Crippen molar-refractivity contribution >= 4 is 28.6 Å². The fraction of sp³-hybridized carbons (Fsp3) is 0.310. The van der Waals surface area contributed by atoms with E-state index in [9.17, 15) is 9.59 Å². The number of carbonyl (C=O) groups is 2. The molecule has 0 aromatic heterocycles. The highest BCUT2D eigenvalue weighted by Gasteiger charge is 2.34. The Balaban J connectivity index is 1.58. The summed E-state index contributed by atoms with van der Waals surface area (Å²) in [5, 5.41) is 7.02. The topological polar surface area (TPSA) is 67.4 Å². The predicted molar refractivity (Wildman–Crippen MR) is 136 cm³/mol. The van der Waals surface area contributed by atoms with E-state index >= 15 is 0 Å². The van der Waals surface area contributed by atoms with Gasteiger partial charge in [0.15, 0.2) is 11.6 Å². The maximum absolute atomic E-state index is 13.7. The molecule has 5 rings (SSSR count).